The highest BCUT2D eigenvalue weighted by Crippen LogP contribution is 2.34. The summed E-state index contributed by atoms with van der Waals surface area (Å²) >= 11 is 6.66. The van der Waals surface area contributed by atoms with Crippen molar-refractivity contribution in [3.05, 3.63) is 27.5 Å². The van der Waals surface area contributed by atoms with Crippen molar-refractivity contribution in [2.45, 2.75) is 0 Å². The van der Waals surface area contributed by atoms with E-state index in [-0.39, 0.29) is 0 Å². The third-order valence-corrected chi connectivity index (χ3v) is 4.81. The van der Waals surface area contributed by atoms with Gasteiger partial charge in [-0.15, -0.1) is 22.7 Å². The van der Waals surface area contributed by atoms with Crippen LogP contribution in [0.5, 0.6) is 0 Å². The maximum Gasteiger partial charge on any atom is 0.129 e. The molecule has 0 aromatic carbocycles. The first-order valence-corrected chi connectivity index (χ1v) is 7.28. The summed E-state index contributed by atoms with van der Waals surface area (Å²) in [5.41, 5.74) is 7.60. The van der Waals surface area contributed by atoms with E-state index >= 15 is 0 Å². The summed E-state index contributed by atoms with van der Waals surface area (Å²) in [5, 5.41) is 11.6. The van der Waals surface area contributed by atoms with Gasteiger partial charge in [0.15, 0.2) is 0 Å². The van der Waals surface area contributed by atoms with Gasteiger partial charge in [-0.25, -0.2) is 4.98 Å². The zero-order valence-corrected chi connectivity index (χ0v) is 11.7. The van der Waals surface area contributed by atoms with E-state index in [2.05, 4.69) is 37.2 Å². The van der Waals surface area contributed by atoms with Crippen LogP contribution in [-0.2, 0) is 0 Å². The van der Waals surface area contributed by atoms with Gasteiger partial charge in [-0.3, -0.25) is 5.10 Å². The summed E-state index contributed by atoms with van der Waals surface area (Å²) < 4.78 is 1.08. The predicted octanol–water partition coefficient (Wildman–Crippen LogP) is 3.61. The fraction of sp³-hybridized carbons (Fsp3) is 0. The molecule has 0 amide bonds. The molecule has 3 aromatic heterocycles. The predicted molar refractivity (Wildman–Crippen MR) is 75.1 cm³/mol. The van der Waals surface area contributed by atoms with Crippen molar-refractivity contribution in [2.24, 2.45) is 0 Å². The minimum absolute atomic E-state index is 0.554. The molecular formula is C10H7BrN4S2. The van der Waals surface area contributed by atoms with Crippen LogP contribution in [0.3, 0.4) is 0 Å². The fourth-order valence-corrected chi connectivity index (χ4v) is 3.73. The minimum atomic E-state index is 0.554. The monoisotopic (exact) mass is 326 g/mol. The van der Waals surface area contributed by atoms with Gasteiger partial charge in [0.1, 0.15) is 10.8 Å². The SMILES string of the molecule is Nc1[nH]ncc1-c1nc(-c2cc(Br)cs2)cs1. The van der Waals surface area contributed by atoms with Crippen LogP contribution >= 0.6 is 38.6 Å². The van der Waals surface area contributed by atoms with E-state index < -0.39 is 0 Å². The molecule has 0 spiro atoms. The molecule has 0 aliphatic rings. The van der Waals surface area contributed by atoms with Crippen LogP contribution in [-0.4, -0.2) is 15.2 Å². The molecule has 17 heavy (non-hydrogen) atoms. The molecule has 0 aliphatic heterocycles. The highest BCUT2D eigenvalue weighted by molar-refractivity contribution is 9.10. The maximum atomic E-state index is 5.77. The number of aromatic nitrogens is 3. The normalized spacial score (nSPS) is 10.9. The molecule has 3 aromatic rings. The van der Waals surface area contributed by atoms with Crippen LogP contribution < -0.4 is 5.73 Å². The molecule has 0 saturated carbocycles. The molecule has 3 N–H and O–H groups in total. The Bertz CT molecular complexity index is 655. The first-order valence-electron chi connectivity index (χ1n) is 4.73. The zero-order chi connectivity index (χ0) is 11.8. The minimum Gasteiger partial charge on any atom is -0.383 e. The summed E-state index contributed by atoms with van der Waals surface area (Å²) in [7, 11) is 0. The number of anilines is 1. The van der Waals surface area contributed by atoms with Crippen molar-refractivity contribution in [3.8, 4) is 21.1 Å². The number of hydrogen-bond donors (Lipinski definition) is 2. The highest BCUT2D eigenvalue weighted by atomic mass is 79.9. The highest BCUT2D eigenvalue weighted by Gasteiger charge is 2.11. The van der Waals surface area contributed by atoms with Crippen LogP contribution in [0, 0.1) is 0 Å². The van der Waals surface area contributed by atoms with Gasteiger partial charge < -0.3 is 5.73 Å². The number of rotatable bonds is 2. The maximum absolute atomic E-state index is 5.77. The summed E-state index contributed by atoms with van der Waals surface area (Å²) in [5.74, 6) is 0.554. The van der Waals surface area contributed by atoms with E-state index in [9.17, 15) is 0 Å². The fourth-order valence-electron chi connectivity index (χ4n) is 1.42. The quantitative estimate of drug-likeness (QED) is 0.755. The summed E-state index contributed by atoms with van der Waals surface area (Å²) in [6.07, 6.45) is 1.70. The number of nitrogen functional groups attached to an aromatic ring is 1. The summed E-state index contributed by atoms with van der Waals surface area (Å²) in [6, 6.07) is 2.06. The number of H-pyrrole nitrogens is 1. The molecule has 0 unspecified atom stereocenters. The Morgan fingerprint density at radius 3 is 2.82 bits per heavy atom. The van der Waals surface area contributed by atoms with Gasteiger partial charge in [0.25, 0.3) is 0 Å². The number of aromatic amines is 1. The lowest BCUT2D eigenvalue weighted by Gasteiger charge is -1.91. The molecule has 0 fully saturated rings. The van der Waals surface area contributed by atoms with Crippen LogP contribution in [0.15, 0.2) is 27.5 Å². The van der Waals surface area contributed by atoms with Crippen molar-refractivity contribution in [1.29, 1.82) is 0 Å². The van der Waals surface area contributed by atoms with E-state index in [0.29, 0.717) is 5.82 Å². The van der Waals surface area contributed by atoms with Gasteiger partial charge >= 0.3 is 0 Å². The topological polar surface area (TPSA) is 67.6 Å². The van der Waals surface area contributed by atoms with Gasteiger partial charge in [-0.2, -0.15) is 5.10 Å². The molecule has 0 aliphatic carbocycles. The molecule has 0 atom stereocenters. The lowest BCUT2D eigenvalue weighted by Crippen LogP contribution is -1.86. The Balaban J connectivity index is 2.01. The second-order valence-electron chi connectivity index (χ2n) is 3.36. The first-order chi connectivity index (χ1) is 8.24. The van der Waals surface area contributed by atoms with E-state index in [4.69, 9.17) is 5.73 Å². The molecule has 3 rings (SSSR count). The Labute approximate surface area is 114 Å². The van der Waals surface area contributed by atoms with Crippen molar-refractivity contribution < 1.29 is 0 Å². The van der Waals surface area contributed by atoms with E-state index in [1.807, 2.05) is 10.8 Å². The van der Waals surface area contributed by atoms with Crippen molar-refractivity contribution in [1.82, 2.24) is 15.2 Å². The first kappa shape index (κ1) is 10.9. The Morgan fingerprint density at radius 2 is 2.18 bits per heavy atom. The zero-order valence-electron chi connectivity index (χ0n) is 8.48. The lowest BCUT2D eigenvalue weighted by atomic mass is 10.3. The number of hydrogen-bond acceptors (Lipinski definition) is 5. The summed E-state index contributed by atoms with van der Waals surface area (Å²) in [4.78, 5) is 5.71. The standard InChI is InChI=1S/C10H7BrN4S2/c11-5-1-8(16-3-5)7-4-17-10(14-7)6-2-13-15-9(6)12/h1-4H,(H3,12,13,15). The summed E-state index contributed by atoms with van der Waals surface area (Å²) in [6.45, 7) is 0. The molecule has 0 saturated heterocycles. The Hall–Kier alpha value is -1.18. The second kappa shape index (κ2) is 4.25. The van der Waals surface area contributed by atoms with Crippen LogP contribution in [0.1, 0.15) is 0 Å². The molecule has 86 valence electrons. The van der Waals surface area contributed by atoms with Gasteiger partial charge in [0.2, 0.25) is 0 Å². The van der Waals surface area contributed by atoms with Crippen LogP contribution in [0.25, 0.3) is 21.1 Å². The smallest absolute Gasteiger partial charge is 0.129 e. The third kappa shape index (κ3) is 2.01. The van der Waals surface area contributed by atoms with Gasteiger partial charge in [0, 0.05) is 15.2 Å². The number of nitrogens with zero attached hydrogens (tertiary/aromatic N) is 2. The van der Waals surface area contributed by atoms with Crippen molar-refractivity contribution >= 4 is 44.4 Å². The average molecular weight is 327 g/mol. The van der Waals surface area contributed by atoms with E-state index in [1.54, 1.807) is 28.9 Å². The largest absolute Gasteiger partial charge is 0.383 e. The van der Waals surface area contributed by atoms with E-state index in [0.717, 1.165) is 25.6 Å². The number of halogens is 1. The average Bonchev–Trinajstić information content (AvgIpc) is 2.97. The van der Waals surface area contributed by atoms with Gasteiger partial charge in [0.05, 0.1) is 22.3 Å². The molecular weight excluding hydrogens is 320 g/mol. The van der Waals surface area contributed by atoms with Crippen molar-refractivity contribution in [3.63, 3.8) is 0 Å². The Kier molecular flexibility index (Phi) is 2.73. The van der Waals surface area contributed by atoms with Gasteiger partial charge in [-0.05, 0) is 22.0 Å². The third-order valence-electron chi connectivity index (χ3n) is 2.22. The molecule has 0 bridgehead atoms. The molecule has 7 heteroatoms. The molecule has 0 radical (unpaired) electrons. The number of nitrogens with one attached hydrogen (secondary N) is 1. The van der Waals surface area contributed by atoms with Crippen LogP contribution in [0.4, 0.5) is 5.82 Å². The van der Waals surface area contributed by atoms with Gasteiger partial charge in [-0.1, -0.05) is 0 Å². The molecule has 3 heterocycles. The van der Waals surface area contributed by atoms with E-state index in [1.165, 1.54) is 0 Å². The second-order valence-corrected chi connectivity index (χ2v) is 6.05. The van der Waals surface area contributed by atoms with Crippen LogP contribution in [0.2, 0.25) is 0 Å². The Morgan fingerprint density at radius 1 is 1.29 bits per heavy atom. The molecule has 4 nitrogen and oxygen atoms in total. The number of thiophene rings is 1. The number of nitrogens with two attached hydrogens (primary N) is 1. The van der Waals surface area contributed by atoms with Crippen molar-refractivity contribution in [2.75, 3.05) is 5.73 Å². The number of thiazole rings is 1. The lowest BCUT2D eigenvalue weighted by molar-refractivity contribution is 1.10.